The van der Waals surface area contributed by atoms with Gasteiger partial charge in [-0.2, -0.15) is 0 Å². The summed E-state index contributed by atoms with van der Waals surface area (Å²) in [7, 11) is 0. The topological polar surface area (TPSA) is 57.6 Å². The Morgan fingerprint density at radius 2 is 1.65 bits per heavy atom. The molecule has 1 fully saturated rings. The highest BCUT2D eigenvalue weighted by atomic mass is 16.2. The van der Waals surface area contributed by atoms with Gasteiger partial charge in [0.1, 0.15) is 6.54 Å². The van der Waals surface area contributed by atoms with Gasteiger partial charge in [-0.15, -0.1) is 0 Å². The highest BCUT2D eigenvalue weighted by Gasteiger charge is 2.23. The average molecular weight is 419 g/mol. The number of aryl methyl sites for hydroxylation is 2. The SMILES string of the molecule is CCc1ccccc1NC(=O)CN1CCN(C(=O)Cn2c(C)cc3ccccc32)CC1. The van der Waals surface area contributed by atoms with E-state index in [0.717, 1.165) is 34.3 Å². The summed E-state index contributed by atoms with van der Waals surface area (Å²) in [5.74, 6) is 0.126. The van der Waals surface area contributed by atoms with E-state index in [-0.39, 0.29) is 11.8 Å². The molecule has 6 nitrogen and oxygen atoms in total. The number of aromatic nitrogens is 1. The summed E-state index contributed by atoms with van der Waals surface area (Å²) in [5, 5.41) is 4.19. The second-order valence-electron chi connectivity index (χ2n) is 8.15. The standard InChI is InChI=1S/C25H30N4O2/c1-3-20-8-4-6-10-22(20)26-24(30)17-27-12-14-28(15-13-27)25(31)18-29-19(2)16-21-9-5-7-11-23(21)29/h4-11,16H,3,12-15,17-18H2,1-2H3,(H,26,30). The first-order valence-electron chi connectivity index (χ1n) is 11.0. The van der Waals surface area contributed by atoms with Gasteiger partial charge >= 0.3 is 0 Å². The van der Waals surface area contributed by atoms with Crippen LogP contribution in [0.25, 0.3) is 10.9 Å². The number of rotatable bonds is 6. The predicted molar refractivity (Wildman–Crippen MR) is 124 cm³/mol. The molecule has 1 aromatic heterocycles. The fourth-order valence-electron chi connectivity index (χ4n) is 4.29. The molecular formula is C25H30N4O2. The second kappa shape index (κ2) is 9.35. The minimum absolute atomic E-state index is 0.00453. The summed E-state index contributed by atoms with van der Waals surface area (Å²) < 4.78 is 2.09. The summed E-state index contributed by atoms with van der Waals surface area (Å²) in [6.45, 7) is 7.54. The van der Waals surface area contributed by atoms with Crippen LogP contribution in [0.3, 0.4) is 0 Å². The monoisotopic (exact) mass is 418 g/mol. The van der Waals surface area contributed by atoms with Crippen molar-refractivity contribution in [2.75, 3.05) is 38.0 Å². The summed E-state index contributed by atoms with van der Waals surface area (Å²) in [6, 6.07) is 18.2. The molecule has 4 rings (SSSR count). The Balaban J connectivity index is 1.29. The van der Waals surface area contributed by atoms with Crippen molar-refractivity contribution >= 4 is 28.4 Å². The summed E-state index contributed by atoms with van der Waals surface area (Å²) in [4.78, 5) is 29.4. The van der Waals surface area contributed by atoms with Crippen LogP contribution >= 0.6 is 0 Å². The van der Waals surface area contributed by atoms with E-state index in [0.29, 0.717) is 39.3 Å². The minimum atomic E-state index is -0.00453. The molecule has 0 aliphatic carbocycles. The molecule has 2 heterocycles. The van der Waals surface area contributed by atoms with E-state index >= 15 is 0 Å². The van der Waals surface area contributed by atoms with E-state index in [1.165, 1.54) is 0 Å². The zero-order valence-electron chi connectivity index (χ0n) is 18.3. The van der Waals surface area contributed by atoms with Crippen molar-refractivity contribution in [1.82, 2.24) is 14.4 Å². The van der Waals surface area contributed by atoms with E-state index in [4.69, 9.17) is 0 Å². The molecule has 0 spiro atoms. The highest BCUT2D eigenvalue weighted by molar-refractivity contribution is 5.93. The molecule has 1 saturated heterocycles. The van der Waals surface area contributed by atoms with E-state index in [1.54, 1.807) is 0 Å². The molecule has 1 aliphatic rings. The van der Waals surface area contributed by atoms with Crippen LogP contribution in [0.5, 0.6) is 0 Å². The van der Waals surface area contributed by atoms with Crippen LogP contribution in [-0.4, -0.2) is 58.9 Å². The number of nitrogens with zero attached hydrogens (tertiary/aromatic N) is 3. The minimum Gasteiger partial charge on any atom is -0.339 e. The van der Waals surface area contributed by atoms with Gasteiger partial charge in [-0.3, -0.25) is 14.5 Å². The Morgan fingerprint density at radius 3 is 2.42 bits per heavy atom. The van der Waals surface area contributed by atoms with Crippen LogP contribution in [0.4, 0.5) is 5.69 Å². The summed E-state index contributed by atoms with van der Waals surface area (Å²) in [5.41, 5.74) is 4.21. The number of carbonyl (C=O) groups excluding carboxylic acids is 2. The Labute approximate surface area is 183 Å². The Kier molecular flexibility index (Phi) is 6.37. The number of hydrogen-bond acceptors (Lipinski definition) is 3. The maximum Gasteiger partial charge on any atom is 0.242 e. The second-order valence-corrected chi connectivity index (χ2v) is 8.15. The molecule has 3 aromatic rings. The van der Waals surface area contributed by atoms with E-state index in [9.17, 15) is 9.59 Å². The normalized spacial score (nSPS) is 14.7. The molecule has 2 aromatic carbocycles. The molecule has 31 heavy (non-hydrogen) atoms. The van der Waals surface area contributed by atoms with Crippen molar-refractivity contribution in [1.29, 1.82) is 0 Å². The number of anilines is 1. The van der Waals surface area contributed by atoms with Crippen molar-refractivity contribution < 1.29 is 9.59 Å². The van der Waals surface area contributed by atoms with Crippen LogP contribution in [0.15, 0.2) is 54.6 Å². The van der Waals surface area contributed by atoms with Gasteiger partial charge in [0.25, 0.3) is 0 Å². The first-order chi connectivity index (χ1) is 15.0. The molecule has 6 heteroatoms. The van der Waals surface area contributed by atoms with Crippen molar-refractivity contribution in [3.8, 4) is 0 Å². The predicted octanol–water partition coefficient (Wildman–Crippen LogP) is 3.30. The van der Waals surface area contributed by atoms with Gasteiger partial charge in [-0.25, -0.2) is 0 Å². The van der Waals surface area contributed by atoms with Gasteiger partial charge in [0.15, 0.2) is 0 Å². The summed E-state index contributed by atoms with van der Waals surface area (Å²) >= 11 is 0. The number of para-hydroxylation sites is 2. The van der Waals surface area contributed by atoms with Gasteiger partial charge in [-0.1, -0.05) is 43.3 Å². The summed E-state index contributed by atoms with van der Waals surface area (Å²) in [6.07, 6.45) is 0.882. The third kappa shape index (κ3) is 4.80. The maximum absolute atomic E-state index is 12.9. The van der Waals surface area contributed by atoms with Crippen LogP contribution < -0.4 is 5.32 Å². The third-order valence-electron chi connectivity index (χ3n) is 6.08. The Hall–Kier alpha value is -3.12. The fraction of sp³-hybridized carbons (Fsp3) is 0.360. The van der Waals surface area contributed by atoms with Crippen LogP contribution in [0, 0.1) is 6.92 Å². The van der Waals surface area contributed by atoms with E-state index in [1.807, 2.05) is 48.2 Å². The van der Waals surface area contributed by atoms with Crippen LogP contribution in [0.2, 0.25) is 0 Å². The molecule has 0 saturated carbocycles. The zero-order valence-corrected chi connectivity index (χ0v) is 18.3. The first-order valence-corrected chi connectivity index (χ1v) is 11.0. The van der Waals surface area contributed by atoms with E-state index in [2.05, 4.69) is 39.9 Å². The number of nitrogens with one attached hydrogen (secondary N) is 1. The van der Waals surface area contributed by atoms with Crippen molar-refractivity contribution in [3.05, 3.63) is 65.9 Å². The number of benzene rings is 2. The molecule has 162 valence electrons. The number of carbonyl (C=O) groups is 2. The smallest absolute Gasteiger partial charge is 0.242 e. The molecule has 1 N–H and O–H groups in total. The lowest BCUT2D eigenvalue weighted by molar-refractivity contribution is -0.133. The highest BCUT2D eigenvalue weighted by Crippen LogP contribution is 2.20. The van der Waals surface area contributed by atoms with Crippen LogP contribution in [0.1, 0.15) is 18.2 Å². The average Bonchev–Trinajstić information content (AvgIpc) is 3.09. The molecule has 2 amide bonds. The molecule has 1 aliphatic heterocycles. The van der Waals surface area contributed by atoms with Crippen molar-refractivity contribution in [2.45, 2.75) is 26.8 Å². The first kappa shape index (κ1) is 21.1. The van der Waals surface area contributed by atoms with Gasteiger partial charge in [-0.05, 0) is 42.5 Å². The molecular weight excluding hydrogens is 388 g/mol. The number of hydrogen-bond donors (Lipinski definition) is 1. The van der Waals surface area contributed by atoms with Crippen LogP contribution in [-0.2, 0) is 22.6 Å². The quantitative estimate of drug-likeness (QED) is 0.668. The van der Waals surface area contributed by atoms with Gasteiger partial charge in [0.2, 0.25) is 11.8 Å². The molecule has 0 atom stereocenters. The Bertz CT molecular complexity index is 1080. The number of piperazine rings is 1. The molecule has 0 radical (unpaired) electrons. The van der Waals surface area contributed by atoms with Crippen molar-refractivity contribution in [3.63, 3.8) is 0 Å². The number of amides is 2. The van der Waals surface area contributed by atoms with E-state index < -0.39 is 0 Å². The maximum atomic E-state index is 12.9. The van der Waals surface area contributed by atoms with Crippen molar-refractivity contribution in [2.24, 2.45) is 0 Å². The largest absolute Gasteiger partial charge is 0.339 e. The molecule has 0 bridgehead atoms. The van der Waals surface area contributed by atoms with Gasteiger partial charge in [0.05, 0.1) is 6.54 Å². The molecule has 0 unspecified atom stereocenters. The third-order valence-corrected chi connectivity index (χ3v) is 6.08. The fourth-order valence-corrected chi connectivity index (χ4v) is 4.29. The number of fused-ring (bicyclic) bond motifs is 1. The lowest BCUT2D eigenvalue weighted by atomic mass is 10.1. The lowest BCUT2D eigenvalue weighted by Crippen LogP contribution is -2.51. The lowest BCUT2D eigenvalue weighted by Gasteiger charge is -2.34. The van der Waals surface area contributed by atoms with Gasteiger partial charge in [0, 0.05) is 43.1 Å². The zero-order chi connectivity index (χ0) is 21.8. The van der Waals surface area contributed by atoms with Gasteiger partial charge < -0.3 is 14.8 Å². The Morgan fingerprint density at radius 1 is 0.935 bits per heavy atom.